The zero-order valence-electron chi connectivity index (χ0n) is 12.0. The molecule has 22 heavy (non-hydrogen) atoms. The standard InChI is InChI=1S/C16H17NO3.ClH.H2O/c18-11-3-1-8-7-10-9-2-4-12(19)15-16(9,5-6-17-10)13(8)14(11)20-15;;/h1-4,9-10,12,15,17-19H,5-7H2;1H;1H2/t9-,10+,12-,15-,16-;;/m0../s1. The Labute approximate surface area is 134 Å². The molecule has 5 nitrogen and oxygen atoms in total. The third-order valence-corrected chi connectivity index (χ3v) is 5.68. The van der Waals surface area contributed by atoms with Crippen molar-refractivity contribution in [3.63, 3.8) is 0 Å². The quantitative estimate of drug-likeness (QED) is 0.604. The molecule has 2 aliphatic carbocycles. The molecule has 5 atom stereocenters. The SMILES string of the molecule is Cl.O.Oc1ccc2c3c1O[C@H]1[C@@H](O)C=C[C@H]4[C@@H](C2)NCC[C@@]341. The number of piperidine rings is 1. The van der Waals surface area contributed by atoms with Crippen LogP contribution in [0.2, 0.25) is 0 Å². The van der Waals surface area contributed by atoms with Gasteiger partial charge in [0.1, 0.15) is 12.2 Å². The van der Waals surface area contributed by atoms with Crippen LogP contribution in [0.3, 0.4) is 0 Å². The van der Waals surface area contributed by atoms with E-state index < -0.39 is 6.10 Å². The Morgan fingerprint density at radius 2 is 2.09 bits per heavy atom. The average molecular weight is 326 g/mol. The van der Waals surface area contributed by atoms with E-state index in [1.807, 2.05) is 12.1 Å². The summed E-state index contributed by atoms with van der Waals surface area (Å²) < 4.78 is 6.04. The first kappa shape index (κ1) is 15.6. The Balaban J connectivity index is 0.000000720. The van der Waals surface area contributed by atoms with Gasteiger partial charge in [-0.25, -0.2) is 0 Å². The summed E-state index contributed by atoms with van der Waals surface area (Å²) >= 11 is 0. The van der Waals surface area contributed by atoms with Gasteiger partial charge in [0.25, 0.3) is 0 Å². The Bertz CT molecular complexity index is 649. The van der Waals surface area contributed by atoms with Crippen LogP contribution in [0.15, 0.2) is 24.3 Å². The van der Waals surface area contributed by atoms with Gasteiger partial charge >= 0.3 is 0 Å². The molecule has 1 fully saturated rings. The molecule has 6 heteroatoms. The maximum atomic E-state index is 10.4. The number of phenolic OH excluding ortho intramolecular Hbond substituents is 1. The van der Waals surface area contributed by atoms with Crippen molar-refractivity contribution in [2.75, 3.05) is 6.54 Å². The number of rotatable bonds is 0. The second-order valence-corrected chi connectivity index (χ2v) is 6.44. The third kappa shape index (κ3) is 1.55. The van der Waals surface area contributed by atoms with Gasteiger partial charge in [0, 0.05) is 22.9 Å². The molecule has 1 spiro atoms. The van der Waals surface area contributed by atoms with Gasteiger partial charge < -0.3 is 25.7 Å². The summed E-state index contributed by atoms with van der Waals surface area (Å²) in [6.07, 6.45) is 5.08. The number of halogens is 1. The van der Waals surface area contributed by atoms with Gasteiger partial charge in [-0.15, -0.1) is 12.4 Å². The van der Waals surface area contributed by atoms with Gasteiger partial charge in [0.15, 0.2) is 11.5 Å². The predicted octanol–water partition coefficient (Wildman–Crippen LogP) is 0.453. The van der Waals surface area contributed by atoms with E-state index in [0.29, 0.717) is 17.7 Å². The van der Waals surface area contributed by atoms with Crippen molar-refractivity contribution in [3.8, 4) is 11.5 Å². The molecule has 2 bridgehead atoms. The molecule has 120 valence electrons. The molecule has 2 aliphatic heterocycles. The van der Waals surface area contributed by atoms with Crippen molar-refractivity contribution in [1.29, 1.82) is 0 Å². The molecular formula is C16H20ClNO4. The Morgan fingerprint density at radius 1 is 1.27 bits per heavy atom. The van der Waals surface area contributed by atoms with E-state index in [2.05, 4.69) is 11.4 Å². The van der Waals surface area contributed by atoms with Crippen LogP contribution in [-0.4, -0.2) is 40.5 Å². The molecule has 0 radical (unpaired) electrons. The Morgan fingerprint density at radius 3 is 2.91 bits per heavy atom. The average Bonchev–Trinajstić information content (AvgIpc) is 2.78. The van der Waals surface area contributed by atoms with Gasteiger partial charge in [0.05, 0.1) is 0 Å². The predicted molar refractivity (Wildman–Crippen MR) is 83.8 cm³/mol. The number of hydrogen-bond acceptors (Lipinski definition) is 4. The first-order valence-corrected chi connectivity index (χ1v) is 7.33. The minimum absolute atomic E-state index is 0. The van der Waals surface area contributed by atoms with E-state index in [1.54, 1.807) is 6.07 Å². The minimum atomic E-state index is -0.595. The first-order chi connectivity index (χ1) is 9.72. The summed E-state index contributed by atoms with van der Waals surface area (Å²) in [7, 11) is 0. The van der Waals surface area contributed by atoms with Crippen LogP contribution in [0, 0.1) is 5.92 Å². The normalized spacial score (nSPS) is 39.1. The van der Waals surface area contributed by atoms with Crippen molar-refractivity contribution in [2.45, 2.75) is 36.5 Å². The lowest BCUT2D eigenvalue weighted by molar-refractivity contribution is -0.0177. The summed E-state index contributed by atoms with van der Waals surface area (Å²) in [4.78, 5) is 0. The monoisotopic (exact) mass is 325 g/mol. The number of aliphatic hydroxyl groups is 1. The summed E-state index contributed by atoms with van der Waals surface area (Å²) in [6, 6.07) is 4.14. The molecule has 1 aromatic carbocycles. The lowest BCUT2D eigenvalue weighted by Crippen LogP contribution is -2.64. The molecule has 1 aromatic rings. The van der Waals surface area contributed by atoms with E-state index >= 15 is 0 Å². The zero-order valence-corrected chi connectivity index (χ0v) is 12.8. The summed E-state index contributed by atoms with van der Waals surface area (Å²) in [5.41, 5.74) is 2.26. The number of hydrogen-bond donors (Lipinski definition) is 3. The molecule has 5 N–H and O–H groups in total. The molecule has 2 heterocycles. The summed E-state index contributed by atoms with van der Waals surface area (Å²) in [6.45, 7) is 0.941. The van der Waals surface area contributed by atoms with Crippen molar-refractivity contribution in [1.82, 2.24) is 5.32 Å². The van der Waals surface area contributed by atoms with Gasteiger partial charge in [-0.05, 0) is 31.0 Å². The summed E-state index contributed by atoms with van der Waals surface area (Å²) in [5, 5.41) is 24.1. The second kappa shape index (κ2) is 4.86. The highest BCUT2D eigenvalue weighted by Crippen LogP contribution is 2.61. The van der Waals surface area contributed by atoms with Crippen LogP contribution in [0.5, 0.6) is 11.5 Å². The highest BCUT2D eigenvalue weighted by atomic mass is 35.5. The van der Waals surface area contributed by atoms with E-state index in [9.17, 15) is 10.2 Å². The van der Waals surface area contributed by atoms with Crippen molar-refractivity contribution < 1.29 is 20.4 Å². The Hall–Kier alpha value is -1.27. The maximum Gasteiger partial charge on any atom is 0.165 e. The zero-order chi connectivity index (χ0) is 13.5. The van der Waals surface area contributed by atoms with Gasteiger partial charge in [-0.2, -0.15) is 0 Å². The van der Waals surface area contributed by atoms with Gasteiger partial charge in [-0.3, -0.25) is 0 Å². The van der Waals surface area contributed by atoms with E-state index in [-0.39, 0.29) is 35.2 Å². The van der Waals surface area contributed by atoms with Gasteiger partial charge in [0.2, 0.25) is 0 Å². The summed E-state index contributed by atoms with van der Waals surface area (Å²) in [5.74, 6) is 1.16. The van der Waals surface area contributed by atoms with Crippen LogP contribution in [-0.2, 0) is 11.8 Å². The van der Waals surface area contributed by atoms with Crippen LogP contribution in [0.1, 0.15) is 17.5 Å². The Kier molecular flexibility index (Phi) is 3.45. The number of aliphatic hydroxyl groups excluding tert-OH is 1. The number of phenols is 1. The largest absolute Gasteiger partial charge is 0.504 e. The number of ether oxygens (including phenoxy) is 1. The van der Waals surface area contributed by atoms with Crippen molar-refractivity contribution in [2.24, 2.45) is 5.92 Å². The van der Waals surface area contributed by atoms with E-state index in [4.69, 9.17) is 4.74 Å². The molecule has 5 rings (SSSR count). The van der Waals surface area contributed by atoms with Crippen LogP contribution in [0.4, 0.5) is 0 Å². The fraction of sp³-hybridized carbons (Fsp3) is 0.500. The lowest BCUT2D eigenvalue weighted by atomic mass is 9.54. The molecule has 0 aromatic heterocycles. The third-order valence-electron chi connectivity index (χ3n) is 5.68. The first-order valence-electron chi connectivity index (χ1n) is 7.33. The van der Waals surface area contributed by atoms with Crippen LogP contribution < -0.4 is 10.1 Å². The molecule has 1 saturated heterocycles. The fourth-order valence-corrected chi connectivity index (χ4v) is 4.98. The highest BCUT2D eigenvalue weighted by Gasteiger charge is 2.63. The van der Waals surface area contributed by atoms with Crippen LogP contribution >= 0.6 is 12.4 Å². The maximum absolute atomic E-state index is 10.4. The molecule has 4 aliphatic rings. The lowest BCUT2D eigenvalue weighted by Gasteiger charge is -2.53. The molecule has 0 unspecified atom stereocenters. The molecule has 0 saturated carbocycles. The molecular weight excluding hydrogens is 306 g/mol. The molecule has 0 amide bonds. The van der Waals surface area contributed by atoms with Gasteiger partial charge in [-0.1, -0.05) is 18.2 Å². The van der Waals surface area contributed by atoms with E-state index in [1.165, 1.54) is 5.56 Å². The van der Waals surface area contributed by atoms with E-state index in [0.717, 1.165) is 24.9 Å². The smallest absolute Gasteiger partial charge is 0.165 e. The second-order valence-electron chi connectivity index (χ2n) is 6.44. The highest BCUT2D eigenvalue weighted by molar-refractivity contribution is 5.85. The van der Waals surface area contributed by atoms with Crippen molar-refractivity contribution >= 4 is 12.4 Å². The fourth-order valence-electron chi connectivity index (χ4n) is 4.98. The number of aromatic hydroxyl groups is 1. The number of benzene rings is 1. The number of nitrogens with one attached hydrogen (secondary N) is 1. The van der Waals surface area contributed by atoms with Crippen molar-refractivity contribution in [3.05, 3.63) is 35.4 Å². The minimum Gasteiger partial charge on any atom is -0.504 e. The van der Waals surface area contributed by atoms with Crippen LogP contribution in [0.25, 0.3) is 0 Å². The topological polar surface area (TPSA) is 93.2 Å².